The fourth-order valence-electron chi connectivity index (χ4n) is 2.48. The van der Waals surface area contributed by atoms with Crippen molar-refractivity contribution in [3.63, 3.8) is 0 Å². The SMILES string of the molecule is O=C(Nc1nn[nH]n1)c1ccc(Cl)c(S(=O)(=O)N2CCCCC2)c1. The largest absolute Gasteiger partial charge is 0.288 e. The minimum Gasteiger partial charge on any atom is -0.288 e. The molecule has 1 saturated heterocycles. The summed E-state index contributed by atoms with van der Waals surface area (Å²) in [6.07, 6.45) is 2.64. The number of nitrogens with one attached hydrogen (secondary N) is 2. The number of aromatic amines is 1. The molecule has 3 rings (SSSR count). The van der Waals surface area contributed by atoms with Crippen molar-refractivity contribution >= 4 is 33.5 Å². The maximum atomic E-state index is 12.8. The lowest BCUT2D eigenvalue weighted by atomic mass is 10.2. The molecule has 1 aliphatic rings. The number of sulfonamides is 1. The number of carbonyl (C=O) groups is 1. The van der Waals surface area contributed by atoms with Gasteiger partial charge in [-0.3, -0.25) is 10.1 Å². The number of piperidine rings is 1. The second-order valence-electron chi connectivity index (χ2n) is 5.30. The first-order valence-electron chi connectivity index (χ1n) is 7.33. The van der Waals surface area contributed by atoms with Crippen LogP contribution in [0.5, 0.6) is 0 Å². The minimum atomic E-state index is -3.74. The number of halogens is 1. The van der Waals surface area contributed by atoms with Crippen LogP contribution in [-0.2, 0) is 10.0 Å². The number of benzene rings is 1. The van der Waals surface area contributed by atoms with Gasteiger partial charge in [0.1, 0.15) is 4.90 Å². The van der Waals surface area contributed by atoms with Crippen LogP contribution in [0.25, 0.3) is 0 Å². The Morgan fingerprint density at radius 1 is 1.25 bits per heavy atom. The van der Waals surface area contributed by atoms with Crippen LogP contribution >= 0.6 is 11.6 Å². The number of anilines is 1. The van der Waals surface area contributed by atoms with E-state index >= 15 is 0 Å². The monoisotopic (exact) mass is 370 g/mol. The molecule has 2 aromatic rings. The molecule has 0 bridgehead atoms. The lowest BCUT2D eigenvalue weighted by molar-refractivity contribution is 0.102. The zero-order valence-electron chi connectivity index (χ0n) is 12.6. The third-order valence-electron chi connectivity index (χ3n) is 3.70. The Morgan fingerprint density at radius 3 is 2.67 bits per heavy atom. The molecule has 11 heteroatoms. The van der Waals surface area contributed by atoms with Gasteiger partial charge in [0.15, 0.2) is 0 Å². The predicted molar refractivity (Wildman–Crippen MR) is 86.2 cm³/mol. The van der Waals surface area contributed by atoms with Gasteiger partial charge in [0.05, 0.1) is 5.02 Å². The molecule has 0 saturated carbocycles. The molecule has 128 valence electrons. The molecule has 0 aliphatic carbocycles. The third kappa shape index (κ3) is 3.40. The summed E-state index contributed by atoms with van der Waals surface area (Å²) in [5.41, 5.74) is 0.139. The van der Waals surface area contributed by atoms with Gasteiger partial charge < -0.3 is 0 Å². The molecule has 1 aromatic carbocycles. The first kappa shape index (κ1) is 16.8. The van der Waals surface area contributed by atoms with E-state index in [4.69, 9.17) is 11.6 Å². The average molecular weight is 371 g/mol. The third-order valence-corrected chi connectivity index (χ3v) is 6.08. The highest BCUT2D eigenvalue weighted by molar-refractivity contribution is 7.89. The predicted octanol–water partition coefficient (Wildman–Crippen LogP) is 1.28. The Bertz CT molecular complexity index is 833. The van der Waals surface area contributed by atoms with Crippen LogP contribution in [-0.4, -0.2) is 52.3 Å². The van der Waals surface area contributed by atoms with Gasteiger partial charge in [0.2, 0.25) is 10.0 Å². The van der Waals surface area contributed by atoms with Crippen LogP contribution in [0.1, 0.15) is 29.6 Å². The second kappa shape index (κ2) is 6.83. The van der Waals surface area contributed by atoms with Gasteiger partial charge in [-0.15, -0.1) is 5.10 Å². The van der Waals surface area contributed by atoms with Crippen LogP contribution < -0.4 is 5.32 Å². The Labute approximate surface area is 143 Å². The van der Waals surface area contributed by atoms with Crippen molar-refractivity contribution in [2.24, 2.45) is 0 Å². The van der Waals surface area contributed by atoms with Crippen LogP contribution in [0.3, 0.4) is 0 Å². The van der Waals surface area contributed by atoms with E-state index in [1.165, 1.54) is 22.5 Å². The molecular formula is C13H15ClN6O3S. The molecule has 0 atom stereocenters. The van der Waals surface area contributed by atoms with Gasteiger partial charge in [-0.05, 0) is 36.3 Å². The number of amides is 1. The summed E-state index contributed by atoms with van der Waals surface area (Å²) in [5, 5.41) is 15.2. The lowest BCUT2D eigenvalue weighted by Crippen LogP contribution is -2.35. The maximum absolute atomic E-state index is 12.8. The normalized spacial score (nSPS) is 16.0. The molecule has 1 amide bonds. The van der Waals surface area contributed by atoms with Crippen molar-refractivity contribution in [3.05, 3.63) is 28.8 Å². The summed E-state index contributed by atoms with van der Waals surface area (Å²) >= 11 is 6.07. The summed E-state index contributed by atoms with van der Waals surface area (Å²) in [4.78, 5) is 12.1. The summed E-state index contributed by atoms with van der Waals surface area (Å²) < 4.78 is 26.9. The van der Waals surface area contributed by atoms with Crippen LogP contribution in [0.15, 0.2) is 23.1 Å². The highest BCUT2D eigenvalue weighted by Crippen LogP contribution is 2.28. The van der Waals surface area contributed by atoms with E-state index in [0.717, 1.165) is 19.3 Å². The van der Waals surface area contributed by atoms with Crippen LogP contribution in [0.4, 0.5) is 5.95 Å². The molecule has 1 aliphatic heterocycles. The summed E-state index contributed by atoms with van der Waals surface area (Å²) in [6, 6.07) is 4.10. The van der Waals surface area contributed by atoms with Gasteiger partial charge in [-0.2, -0.15) is 9.52 Å². The van der Waals surface area contributed by atoms with E-state index in [2.05, 4.69) is 25.9 Å². The van der Waals surface area contributed by atoms with Crippen molar-refractivity contribution < 1.29 is 13.2 Å². The van der Waals surface area contributed by atoms with E-state index in [1.807, 2.05) is 0 Å². The first-order valence-corrected chi connectivity index (χ1v) is 9.15. The number of H-pyrrole nitrogens is 1. The Hall–Kier alpha value is -2.04. The standard InChI is InChI=1S/C13H15ClN6O3S/c14-10-5-4-9(12(21)15-13-16-18-19-17-13)8-11(10)24(22,23)20-6-2-1-3-7-20/h4-5,8H,1-3,6-7H2,(H2,15,16,17,18,19,21). The molecule has 0 spiro atoms. The molecule has 0 unspecified atom stereocenters. The average Bonchev–Trinajstić information content (AvgIpc) is 3.09. The van der Waals surface area contributed by atoms with Crippen molar-refractivity contribution in [3.8, 4) is 0 Å². The lowest BCUT2D eigenvalue weighted by Gasteiger charge is -2.26. The number of aromatic nitrogens is 4. The van der Waals surface area contributed by atoms with E-state index < -0.39 is 15.9 Å². The number of hydrogen-bond acceptors (Lipinski definition) is 6. The van der Waals surface area contributed by atoms with E-state index in [9.17, 15) is 13.2 Å². The molecule has 1 aromatic heterocycles. The van der Waals surface area contributed by atoms with E-state index in [0.29, 0.717) is 13.1 Å². The molecule has 2 heterocycles. The summed E-state index contributed by atoms with van der Waals surface area (Å²) in [5.74, 6) is -0.557. The van der Waals surface area contributed by atoms with Gasteiger partial charge >= 0.3 is 0 Å². The van der Waals surface area contributed by atoms with E-state index in [1.54, 1.807) is 0 Å². The molecule has 0 radical (unpaired) electrons. The number of carbonyl (C=O) groups excluding carboxylic acids is 1. The summed E-state index contributed by atoms with van der Waals surface area (Å²) in [6.45, 7) is 0.913. The van der Waals surface area contributed by atoms with Gasteiger partial charge in [0.25, 0.3) is 11.9 Å². The molecule has 24 heavy (non-hydrogen) atoms. The number of rotatable bonds is 4. The van der Waals surface area contributed by atoms with Gasteiger partial charge in [0, 0.05) is 18.7 Å². The number of hydrogen-bond donors (Lipinski definition) is 2. The zero-order chi connectivity index (χ0) is 17.2. The first-order chi connectivity index (χ1) is 11.5. The number of nitrogens with zero attached hydrogens (tertiary/aromatic N) is 4. The molecular weight excluding hydrogens is 356 g/mol. The number of tetrazole rings is 1. The topological polar surface area (TPSA) is 121 Å². The Balaban J connectivity index is 1.89. The van der Waals surface area contributed by atoms with Crippen molar-refractivity contribution in [1.82, 2.24) is 24.9 Å². The fraction of sp³-hybridized carbons (Fsp3) is 0.385. The highest BCUT2D eigenvalue weighted by Gasteiger charge is 2.28. The Kier molecular flexibility index (Phi) is 4.78. The summed E-state index contributed by atoms with van der Waals surface area (Å²) in [7, 11) is -3.74. The quantitative estimate of drug-likeness (QED) is 0.836. The maximum Gasteiger partial charge on any atom is 0.270 e. The zero-order valence-corrected chi connectivity index (χ0v) is 14.1. The molecule has 9 nitrogen and oxygen atoms in total. The Morgan fingerprint density at radius 2 is 2.00 bits per heavy atom. The van der Waals surface area contributed by atoms with E-state index in [-0.39, 0.29) is 21.4 Å². The smallest absolute Gasteiger partial charge is 0.270 e. The van der Waals surface area contributed by atoms with Crippen molar-refractivity contribution in [2.75, 3.05) is 18.4 Å². The minimum absolute atomic E-state index is 0.00427. The molecule has 1 fully saturated rings. The van der Waals surface area contributed by atoms with Crippen LogP contribution in [0.2, 0.25) is 5.02 Å². The van der Waals surface area contributed by atoms with Crippen molar-refractivity contribution in [1.29, 1.82) is 0 Å². The van der Waals surface area contributed by atoms with Crippen LogP contribution in [0, 0.1) is 0 Å². The second-order valence-corrected chi connectivity index (χ2v) is 7.61. The fourth-order valence-corrected chi connectivity index (χ4v) is 4.49. The van der Waals surface area contributed by atoms with Crippen molar-refractivity contribution in [2.45, 2.75) is 24.2 Å². The van der Waals surface area contributed by atoms with Gasteiger partial charge in [-0.25, -0.2) is 8.42 Å². The van der Waals surface area contributed by atoms with Gasteiger partial charge in [-0.1, -0.05) is 23.1 Å². The highest BCUT2D eigenvalue weighted by atomic mass is 35.5. The molecule has 2 N–H and O–H groups in total.